The van der Waals surface area contributed by atoms with Crippen molar-refractivity contribution in [3.8, 4) is 102 Å². The van der Waals surface area contributed by atoms with Crippen LogP contribution in [0.15, 0.2) is 231 Å². The second-order valence-electron chi connectivity index (χ2n) is 18.6. The third kappa shape index (κ3) is 7.36. The number of nitrogens with zero attached hydrogens (tertiary/aromatic N) is 6. The van der Waals surface area contributed by atoms with Crippen LogP contribution in [0, 0.1) is 0 Å². The van der Waals surface area contributed by atoms with Gasteiger partial charge in [0.1, 0.15) is 0 Å². The number of hydrogen-bond acceptors (Lipinski definition) is 6. The van der Waals surface area contributed by atoms with Crippen LogP contribution >= 0.6 is 0 Å². The Kier molecular flexibility index (Phi) is 10.1. The van der Waals surface area contributed by atoms with Crippen LogP contribution in [0.3, 0.4) is 0 Å². The van der Waals surface area contributed by atoms with Crippen LogP contribution in [-0.4, -0.2) is 29.9 Å². The Labute approximate surface area is 412 Å². The van der Waals surface area contributed by atoms with Gasteiger partial charge in [-0.2, -0.15) is 0 Å². The predicted octanol–water partition coefficient (Wildman–Crippen LogP) is 16.0. The maximum absolute atomic E-state index is 5.05. The van der Waals surface area contributed by atoms with Crippen LogP contribution in [0.5, 0.6) is 0 Å². The lowest BCUT2D eigenvalue weighted by Crippen LogP contribution is -2.14. The summed E-state index contributed by atoms with van der Waals surface area (Å²) >= 11 is 0. The Morgan fingerprint density at radius 2 is 0.535 bits per heavy atom. The first-order chi connectivity index (χ1) is 34.9. The van der Waals surface area contributed by atoms with Gasteiger partial charge in [-0.25, -0.2) is 29.9 Å². The molecule has 13 rings (SSSR count). The largest absolute Gasteiger partial charge is 0.208 e. The fourth-order valence-corrected chi connectivity index (χ4v) is 10.4. The zero-order valence-corrected chi connectivity index (χ0v) is 39.1. The molecular weight excluding hydrogens is 865 g/mol. The van der Waals surface area contributed by atoms with Gasteiger partial charge in [0.2, 0.25) is 0 Å². The molecule has 0 N–H and O–H groups in total. The van der Waals surface area contributed by atoms with Crippen LogP contribution in [0.1, 0.15) is 25.0 Å². The van der Waals surface area contributed by atoms with Crippen molar-refractivity contribution in [1.82, 2.24) is 29.9 Å². The van der Waals surface area contributed by atoms with Crippen LogP contribution in [0.4, 0.5) is 0 Å². The zero-order chi connectivity index (χ0) is 47.5. The summed E-state index contributed by atoms with van der Waals surface area (Å²) < 4.78 is 0. The van der Waals surface area contributed by atoms with Gasteiger partial charge in [-0.3, -0.25) is 0 Å². The first-order valence-electron chi connectivity index (χ1n) is 24.0. The minimum atomic E-state index is -0.192. The monoisotopic (exact) mass is 908 g/mol. The van der Waals surface area contributed by atoms with Gasteiger partial charge in [0.05, 0.1) is 0 Å². The van der Waals surface area contributed by atoms with E-state index in [1.165, 1.54) is 54.9 Å². The molecule has 2 heterocycles. The van der Waals surface area contributed by atoms with E-state index >= 15 is 0 Å². The highest BCUT2D eigenvalue weighted by Crippen LogP contribution is 2.53. The van der Waals surface area contributed by atoms with Gasteiger partial charge in [-0.05, 0) is 78.2 Å². The Morgan fingerprint density at radius 3 is 0.915 bits per heavy atom. The molecule has 6 nitrogen and oxygen atoms in total. The molecule has 71 heavy (non-hydrogen) atoms. The third-order valence-electron chi connectivity index (χ3n) is 14.0. The van der Waals surface area contributed by atoms with E-state index in [9.17, 15) is 0 Å². The van der Waals surface area contributed by atoms with E-state index in [1.807, 2.05) is 121 Å². The maximum Gasteiger partial charge on any atom is 0.164 e. The van der Waals surface area contributed by atoms with Crippen molar-refractivity contribution in [3.63, 3.8) is 0 Å². The van der Waals surface area contributed by atoms with E-state index in [0.717, 1.165) is 44.5 Å². The Hall–Kier alpha value is -9.26. The maximum atomic E-state index is 5.05. The lowest BCUT2D eigenvalue weighted by Gasteiger charge is -2.24. The minimum Gasteiger partial charge on any atom is -0.208 e. The van der Waals surface area contributed by atoms with Gasteiger partial charge in [0.15, 0.2) is 34.9 Å². The van der Waals surface area contributed by atoms with Crippen molar-refractivity contribution >= 4 is 21.5 Å². The smallest absolute Gasteiger partial charge is 0.164 e. The van der Waals surface area contributed by atoms with Crippen molar-refractivity contribution in [2.75, 3.05) is 0 Å². The van der Waals surface area contributed by atoms with Crippen molar-refractivity contribution in [1.29, 1.82) is 0 Å². The van der Waals surface area contributed by atoms with Gasteiger partial charge in [-0.15, -0.1) is 0 Å². The molecule has 10 aromatic carbocycles. The highest BCUT2D eigenvalue weighted by Gasteiger charge is 2.36. The summed E-state index contributed by atoms with van der Waals surface area (Å²) in [5, 5.41) is 4.74. The predicted molar refractivity (Wildman–Crippen MR) is 289 cm³/mol. The lowest BCUT2D eigenvalue weighted by molar-refractivity contribution is 0.661. The van der Waals surface area contributed by atoms with Crippen molar-refractivity contribution in [2.45, 2.75) is 19.3 Å². The average molecular weight is 909 g/mol. The van der Waals surface area contributed by atoms with Crippen LogP contribution in [-0.2, 0) is 5.41 Å². The zero-order valence-electron chi connectivity index (χ0n) is 39.1. The molecule has 0 bridgehead atoms. The van der Waals surface area contributed by atoms with Gasteiger partial charge in [-0.1, -0.05) is 232 Å². The molecule has 0 saturated heterocycles. The van der Waals surface area contributed by atoms with Gasteiger partial charge in [0, 0.05) is 38.8 Å². The molecule has 0 radical (unpaired) electrons. The molecule has 0 atom stereocenters. The highest BCUT2D eigenvalue weighted by atomic mass is 15.0. The molecule has 1 aliphatic carbocycles. The van der Waals surface area contributed by atoms with E-state index in [2.05, 4.69) is 123 Å². The summed E-state index contributed by atoms with van der Waals surface area (Å²) in [5.74, 6) is 3.80. The van der Waals surface area contributed by atoms with Gasteiger partial charge in [0.25, 0.3) is 0 Å². The average Bonchev–Trinajstić information content (AvgIpc) is 3.67. The molecule has 334 valence electrons. The standard InChI is InChI=1S/C65H44N6/c1-65(2)55-30-18-17-27-49(55)52-39-53-54(40-56(52)65)58(42-33-37-48(38-34-42)64-70-61(45-23-11-5-12-24-45)67-62(71-64)46-25-13-6-14-26-46)51-29-16-15-28-50(51)57(53)41-31-35-47(36-32-41)63-68-59(43-19-7-3-8-20-43)66-60(69-63)44-21-9-4-10-22-44/h3-40H,1-2H3. The van der Waals surface area contributed by atoms with Gasteiger partial charge >= 0.3 is 0 Å². The number of rotatable bonds is 8. The summed E-state index contributed by atoms with van der Waals surface area (Å²) in [4.78, 5) is 30.1. The molecule has 0 unspecified atom stereocenters. The van der Waals surface area contributed by atoms with Gasteiger partial charge < -0.3 is 0 Å². The molecule has 0 fully saturated rings. The summed E-state index contributed by atoms with van der Waals surface area (Å²) in [6.07, 6.45) is 0. The number of aromatic nitrogens is 6. The molecular formula is C65H44N6. The van der Waals surface area contributed by atoms with Crippen molar-refractivity contribution in [2.24, 2.45) is 0 Å². The normalized spacial score (nSPS) is 12.5. The first-order valence-corrected chi connectivity index (χ1v) is 24.0. The quantitative estimate of drug-likeness (QED) is 0.141. The Bertz CT molecular complexity index is 3850. The number of fused-ring (bicyclic) bond motifs is 5. The second kappa shape index (κ2) is 17.1. The Morgan fingerprint density at radius 1 is 0.239 bits per heavy atom. The fraction of sp³-hybridized carbons (Fsp3) is 0.0462. The fourth-order valence-electron chi connectivity index (χ4n) is 10.4. The van der Waals surface area contributed by atoms with E-state index in [1.54, 1.807) is 0 Å². The third-order valence-corrected chi connectivity index (χ3v) is 14.0. The molecule has 12 aromatic rings. The molecule has 2 aromatic heterocycles. The minimum absolute atomic E-state index is 0.192. The second-order valence-corrected chi connectivity index (χ2v) is 18.6. The van der Waals surface area contributed by atoms with E-state index in [4.69, 9.17) is 29.9 Å². The van der Waals surface area contributed by atoms with E-state index in [0.29, 0.717) is 34.9 Å². The summed E-state index contributed by atoms with van der Waals surface area (Å²) in [7, 11) is 0. The topological polar surface area (TPSA) is 77.3 Å². The Balaban J connectivity index is 0.984. The molecule has 0 spiro atoms. The molecule has 0 saturated carbocycles. The molecule has 0 amide bonds. The number of hydrogen-bond donors (Lipinski definition) is 0. The molecule has 0 aliphatic heterocycles. The van der Waals surface area contributed by atoms with Crippen molar-refractivity contribution in [3.05, 3.63) is 242 Å². The summed E-state index contributed by atoms with van der Waals surface area (Å²) in [6.45, 7) is 4.71. The number of benzene rings is 10. The summed E-state index contributed by atoms with van der Waals surface area (Å²) in [6, 6.07) is 80.7. The molecule has 6 heteroatoms. The SMILES string of the molecule is CC1(C)c2ccccc2-c2cc3c(-c4ccc(-c5nc(-c6ccccc6)nc(-c6ccccc6)n5)cc4)c4ccccc4c(-c4ccc(-c5nc(-c6ccccc6)nc(-c6ccccc6)n5)cc4)c3cc21. The van der Waals surface area contributed by atoms with Crippen LogP contribution in [0.2, 0.25) is 0 Å². The van der Waals surface area contributed by atoms with E-state index in [-0.39, 0.29) is 5.41 Å². The lowest BCUT2D eigenvalue weighted by atomic mass is 9.79. The first kappa shape index (κ1) is 41.9. The van der Waals surface area contributed by atoms with E-state index < -0.39 is 0 Å². The van der Waals surface area contributed by atoms with Crippen LogP contribution in [0.25, 0.3) is 123 Å². The van der Waals surface area contributed by atoms with Crippen LogP contribution < -0.4 is 0 Å². The summed E-state index contributed by atoms with van der Waals surface area (Å²) in [5.41, 5.74) is 15.2. The van der Waals surface area contributed by atoms with Crippen molar-refractivity contribution < 1.29 is 0 Å². The molecule has 1 aliphatic rings. The highest BCUT2D eigenvalue weighted by molar-refractivity contribution is 6.22.